The fourth-order valence-corrected chi connectivity index (χ4v) is 1.72. The maximum atomic E-state index is 9.24. The highest BCUT2D eigenvalue weighted by atomic mass is 16.3. The van der Waals surface area contributed by atoms with Gasteiger partial charge in [-0.25, -0.2) is 4.98 Å². The van der Waals surface area contributed by atoms with Crippen molar-refractivity contribution in [1.29, 1.82) is 5.26 Å². The summed E-state index contributed by atoms with van der Waals surface area (Å²) in [5.41, 5.74) is 2.40. The Labute approximate surface area is 112 Å². The second kappa shape index (κ2) is 5.98. The van der Waals surface area contributed by atoms with Crippen molar-refractivity contribution in [3.63, 3.8) is 0 Å². The average Bonchev–Trinajstić information content (AvgIpc) is 2.45. The van der Waals surface area contributed by atoms with E-state index in [0.717, 1.165) is 11.1 Å². The third-order valence-electron chi connectivity index (χ3n) is 2.68. The fraction of sp³-hybridized carbons (Fsp3) is 0.200. The number of benzene rings is 1. The first-order valence-electron chi connectivity index (χ1n) is 6.08. The van der Waals surface area contributed by atoms with Gasteiger partial charge in [0.25, 0.3) is 0 Å². The van der Waals surface area contributed by atoms with Crippen molar-refractivity contribution < 1.29 is 5.11 Å². The molecule has 0 aliphatic rings. The maximum Gasteiger partial charge on any atom is 0.144 e. The Kier molecular flexibility index (Phi) is 4.11. The van der Waals surface area contributed by atoms with Crippen LogP contribution in [0.3, 0.4) is 0 Å². The van der Waals surface area contributed by atoms with Gasteiger partial charge in [-0.15, -0.1) is 0 Å². The van der Waals surface area contributed by atoms with Crippen molar-refractivity contribution in [2.24, 2.45) is 0 Å². The molecule has 0 saturated heterocycles. The van der Waals surface area contributed by atoms with Crippen molar-refractivity contribution in [3.05, 3.63) is 48.2 Å². The minimum atomic E-state index is -0.484. The Hall–Kier alpha value is -2.38. The standard InChI is InChI=1S/C15H15N3O/c1-11(19)9-17-15-13(8-16)7-14(10-18-15)12-5-3-2-4-6-12/h2-7,10-11,19H,9H2,1H3,(H,17,18)/t11-/m1/s1. The summed E-state index contributed by atoms with van der Waals surface area (Å²) in [6.07, 6.45) is 1.24. The second-order valence-corrected chi connectivity index (χ2v) is 4.33. The van der Waals surface area contributed by atoms with Gasteiger partial charge in [-0.3, -0.25) is 0 Å². The largest absolute Gasteiger partial charge is 0.392 e. The molecule has 2 rings (SSSR count). The topological polar surface area (TPSA) is 68.9 Å². The quantitative estimate of drug-likeness (QED) is 0.878. The zero-order valence-corrected chi connectivity index (χ0v) is 10.7. The molecule has 2 N–H and O–H groups in total. The Bertz CT molecular complexity index is 588. The number of nitrogens with one attached hydrogen (secondary N) is 1. The van der Waals surface area contributed by atoms with Crippen LogP contribution in [0.25, 0.3) is 11.1 Å². The zero-order valence-electron chi connectivity index (χ0n) is 10.7. The molecule has 1 aromatic heterocycles. The molecule has 96 valence electrons. The molecule has 4 nitrogen and oxygen atoms in total. The van der Waals surface area contributed by atoms with Crippen LogP contribution in [0.1, 0.15) is 12.5 Å². The average molecular weight is 253 g/mol. The Morgan fingerprint density at radius 2 is 2.05 bits per heavy atom. The normalized spacial score (nSPS) is 11.6. The third kappa shape index (κ3) is 3.30. The van der Waals surface area contributed by atoms with Gasteiger partial charge in [0.15, 0.2) is 0 Å². The summed E-state index contributed by atoms with van der Waals surface area (Å²) < 4.78 is 0. The van der Waals surface area contributed by atoms with Gasteiger partial charge in [0.1, 0.15) is 11.9 Å². The fourth-order valence-electron chi connectivity index (χ4n) is 1.72. The number of hydrogen-bond acceptors (Lipinski definition) is 4. The van der Waals surface area contributed by atoms with Crippen LogP contribution in [0.2, 0.25) is 0 Å². The van der Waals surface area contributed by atoms with Gasteiger partial charge in [0, 0.05) is 18.3 Å². The van der Waals surface area contributed by atoms with Crippen LogP contribution < -0.4 is 5.32 Å². The van der Waals surface area contributed by atoms with Gasteiger partial charge in [-0.1, -0.05) is 30.3 Å². The molecule has 0 bridgehead atoms. The highest BCUT2D eigenvalue weighted by Crippen LogP contribution is 2.22. The van der Waals surface area contributed by atoms with Crippen LogP contribution in [0.5, 0.6) is 0 Å². The lowest BCUT2D eigenvalue weighted by Gasteiger charge is -2.10. The number of pyridine rings is 1. The van der Waals surface area contributed by atoms with Crippen molar-refractivity contribution in [1.82, 2.24) is 4.98 Å². The monoisotopic (exact) mass is 253 g/mol. The second-order valence-electron chi connectivity index (χ2n) is 4.33. The molecule has 1 heterocycles. The van der Waals surface area contributed by atoms with Gasteiger partial charge >= 0.3 is 0 Å². The molecule has 19 heavy (non-hydrogen) atoms. The third-order valence-corrected chi connectivity index (χ3v) is 2.68. The van der Waals surface area contributed by atoms with Crippen molar-refractivity contribution in [2.45, 2.75) is 13.0 Å². The summed E-state index contributed by atoms with van der Waals surface area (Å²) in [5, 5.41) is 21.4. The van der Waals surface area contributed by atoms with Crippen molar-refractivity contribution >= 4 is 5.82 Å². The number of aromatic nitrogens is 1. The molecule has 0 aliphatic heterocycles. The Morgan fingerprint density at radius 1 is 1.32 bits per heavy atom. The summed E-state index contributed by atoms with van der Waals surface area (Å²) >= 11 is 0. The summed E-state index contributed by atoms with van der Waals surface area (Å²) in [6, 6.07) is 13.7. The number of hydrogen-bond donors (Lipinski definition) is 2. The van der Waals surface area contributed by atoms with Gasteiger partial charge in [-0.05, 0) is 18.6 Å². The van der Waals surface area contributed by atoms with Gasteiger partial charge in [0.05, 0.1) is 11.7 Å². The van der Waals surface area contributed by atoms with Gasteiger partial charge < -0.3 is 10.4 Å². The van der Waals surface area contributed by atoms with E-state index in [2.05, 4.69) is 16.4 Å². The van der Waals surface area contributed by atoms with Crippen LogP contribution in [-0.4, -0.2) is 22.7 Å². The number of aliphatic hydroxyl groups excluding tert-OH is 1. The first kappa shape index (κ1) is 13.1. The molecule has 0 saturated carbocycles. The first-order valence-corrected chi connectivity index (χ1v) is 6.08. The highest BCUT2D eigenvalue weighted by molar-refractivity contribution is 5.67. The van der Waals surface area contributed by atoms with E-state index < -0.39 is 6.10 Å². The lowest BCUT2D eigenvalue weighted by atomic mass is 10.1. The van der Waals surface area contributed by atoms with Crippen LogP contribution in [0.4, 0.5) is 5.82 Å². The number of nitriles is 1. The number of rotatable bonds is 4. The van der Waals surface area contributed by atoms with E-state index in [0.29, 0.717) is 17.9 Å². The molecule has 0 spiro atoms. The van der Waals surface area contributed by atoms with E-state index in [-0.39, 0.29) is 0 Å². The van der Waals surface area contributed by atoms with E-state index in [4.69, 9.17) is 5.26 Å². The molecule has 1 atom stereocenters. The molecular formula is C15H15N3O. The van der Waals surface area contributed by atoms with Crippen LogP contribution in [0.15, 0.2) is 42.6 Å². The van der Waals surface area contributed by atoms with Crippen molar-refractivity contribution in [2.75, 3.05) is 11.9 Å². The molecule has 0 aliphatic carbocycles. The molecule has 0 radical (unpaired) electrons. The van der Waals surface area contributed by atoms with E-state index in [9.17, 15) is 5.11 Å². The molecule has 2 aromatic rings. The van der Waals surface area contributed by atoms with Gasteiger partial charge in [0.2, 0.25) is 0 Å². The predicted octanol–water partition coefficient (Wildman–Crippen LogP) is 2.41. The first-order chi connectivity index (χ1) is 9.20. The van der Waals surface area contributed by atoms with E-state index >= 15 is 0 Å². The summed E-state index contributed by atoms with van der Waals surface area (Å²) in [7, 11) is 0. The lowest BCUT2D eigenvalue weighted by Crippen LogP contribution is -2.16. The minimum absolute atomic E-state index is 0.367. The van der Waals surface area contributed by atoms with Gasteiger partial charge in [-0.2, -0.15) is 5.26 Å². The van der Waals surface area contributed by atoms with Crippen LogP contribution in [0, 0.1) is 11.3 Å². The highest BCUT2D eigenvalue weighted by Gasteiger charge is 2.07. The Morgan fingerprint density at radius 3 is 2.68 bits per heavy atom. The van der Waals surface area contributed by atoms with E-state index in [1.807, 2.05) is 30.3 Å². The smallest absolute Gasteiger partial charge is 0.144 e. The molecule has 1 aromatic carbocycles. The summed E-state index contributed by atoms with van der Waals surface area (Å²) in [4.78, 5) is 4.25. The number of nitrogens with zero attached hydrogens (tertiary/aromatic N) is 2. The molecule has 0 amide bonds. The lowest BCUT2D eigenvalue weighted by molar-refractivity contribution is 0.208. The Balaban J connectivity index is 2.29. The van der Waals surface area contributed by atoms with Crippen LogP contribution in [-0.2, 0) is 0 Å². The molecule has 0 fully saturated rings. The minimum Gasteiger partial charge on any atom is -0.392 e. The van der Waals surface area contributed by atoms with Crippen molar-refractivity contribution in [3.8, 4) is 17.2 Å². The predicted molar refractivity (Wildman–Crippen MR) is 74.6 cm³/mol. The summed E-state index contributed by atoms with van der Waals surface area (Å²) in [6.45, 7) is 2.05. The molecule has 0 unspecified atom stereocenters. The zero-order chi connectivity index (χ0) is 13.7. The molecular weight excluding hydrogens is 238 g/mol. The summed E-state index contributed by atoms with van der Waals surface area (Å²) in [5.74, 6) is 0.503. The maximum absolute atomic E-state index is 9.24. The molecule has 4 heteroatoms. The SMILES string of the molecule is C[C@@H](O)CNc1ncc(-c2ccccc2)cc1C#N. The van der Waals surface area contributed by atoms with E-state index in [1.165, 1.54) is 0 Å². The van der Waals surface area contributed by atoms with E-state index in [1.54, 1.807) is 19.2 Å². The van der Waals surface area contributed by atoms with Crippen LogP contribution >= 0.6 is 0 Å². The number of anilines is 1. The number of aliphatic hydroxyl groups is 1.